The molecule has 0 bridgehead atoms. The van der Waals surface area contributed by atoms with E-state index in [4.69, 9.17) is 0 Å². The molecule has 1 atom stereocenters. The third-order valence-corrected chi connectivity index (χ3v) is 4.73. The molecule has 0 aliphatic carbocycles. The van der Waals surface area contributed by atoms with Gasteiger partial charge in [-0.3, -0.25) is 9.97 Å². The minimum atomic E-state index is -3.13. The Morgan fingerprint density at radius 3 is 2.94 bits per heavy atom. The van der Waals surface area contributed by atoms with Gasteiger partial charge in [-0.15, -0.1) is 0 Å². The minimum absolute atomic E-state index is 0.126. The maximum absolute atomic E-state index is 11.9. The Bertz CT molecular complexity index is 446. The Morgan fingerprint density at radius 2 is 2.31 bits per heavy atom. The van der Waals surface area contributed by atoms with Crippen molar-refractivity contribution in [1.82, 2.24) is 14.3 Å². The SMILES string of the molecule is CCS(=O)(=O)N1CCC[C@@H]1c1cnccn1. The topological polar surface area (TPSA) is 63.2 Å². The highest BCUT2D eigenvalue weighted by Gasteiger charge is 2.34. The zero-order chi connectivity index (χ0) is 11.6. The molecule has 0 aromatic carbocycles. The standard InChI is InChI=1S/C10H15N3O2S/c1-2-16(14,15)13-7-3-4-10(13)9-8-11-5-6-12-9/h5-6,8,10H,2-4,7H2,1H3/t10-/m1/s1. The summed E-state index contributed by atoms with van der Waals surface area (Å²) in [4.78, 5) is 8.18. The molecule has 88 valence electrons. The van der Waals surface area contributed by atoms with Gasteiger partial charge < -0.3 is 0 Å². The Kier molecular flexibility index (Phi) is 3.20. The lowest BCUT2D eigenvalue weighted by atomic mass is 10.2. The molecule has 16 heavy (non-hydrogen) atoms. The predicted molar refractivity (Wildman–Crippen MR) is 60.2 cm³/mol. The first-order valence-electron chi connectivity index (χ1n) is 5.40. The van der Waals surface area contributed by atoms with E-state index in [9.17, 15) is 8.42 Å². The fourth-order valence-electron chi connectivity index (χ4n) is 2.02. The van der Waals surface area contributed by atoms with Crippen molar-refractivity contribution < 1.29 is 8.42 Å². The summed E-state index contributed by atoms with van der Waals surface area (Å²) in [6.07, 6.45) is 6.56. The zero-order valence-corrected chi connectivity index (χ0v) is 10.0. The minimum Gasteiger partial charge on any atom is -0.261 e. The maximum Gasteiger partial charge on any atom is 0.214 e. The van der Waals surface area contributed by atoms with E-state index >= 15 is 0 Å². The van der Waals surface area contributed by atoms with Gasteiger partial charge >= 0.3 is 0 Å². The van der Waals surface area contributed by atoms with Gasteiger partial charge in [0.1, 0.15) is 0 Å². The van der Waals surface area contributed by atoms with Gasteiger partial charge in [-0.05, 0) is 19.8 Å². The summed E-state index contributed by atoms with van der Waals surface area (Å²) in [6, 6.07) is -0.126. The van der Waals surface area contributed by atoms with E-state index in [2.05, 4.69) is 9.97 Å². The second kappa shape index (κ2) is 4.47. The van der Waals surface area contributed by atoms with Crippen LogP contribution >= 0.6 is 0 Å². The second-order valence-corrected chi connectivity index (χ2v) is 6.01. The molecule has 0 spiro atoms. The van der Waals surface area contributed by atoms with Crippen molar-refractivity contribution >= 4 is 10.0 Å². The van der Waals surface area contributed by atoms with Crippen LogP contribution in [0, 0.1) is 0 Å². The molecular weight excluding hydrogens is 226 g/mol. The molecule has 0 N–H and O–H groups in total. The molecule has 1 saturated heterocycles. The highest BCUT2D eigenvalue weighted by atomic mass is 32.2. The summed E-state index contributed by atoms with van der Waals surface area (Å²) < 4.78 is 25.3. The normalized spacial score (nSPS) is 22.4. The fraction of sp³-hybridized carbons (Fsp3) is 0.600. The van der Waals surface area contributed by atoms with E-state index < -0.39 is 10.0 Å². The summed E-state index contributed by atoms with van der Waals surface area (Å²) in [6.45, 7) is 2.26. The van der Waals surface area contributed by atoms with Crippen molar-refractivity contribution in [1.29, 1.82) is 0 Å². The summed E-state index contributed by atoms with van der Waals surface area (Å²) in [5, 5.41) is 0. The van der Waals surface area contributed by atoms with Gasteiger partial charge in [-0.1, -0.05) is 0 Å². The monoisotopic (exact) mass is 241 g/mol. The van der Waals surface area contributed by atoms with Crippen LogP contribution in [0.15, 0.2) is 18.6 Å². The number of hydrogen-bond donors (Lipinski definition) is 0. The molecule has 1 aliphatic rings. The number of nitrogens with zero attached hydrogens (tertiary/aromatic N) is 3. The number of hydrogen-bond acceptors (Lipinski definition) is 4. The van der Waals surface area contributed by atoms with E-state index in [1.165, 1.54) is 0 Å². The van der Waals surface area contributed by atoms with Gasteiger partial charge in [0.2, 0.25) is 10.0 Å². The van der Waals surface area contributed by atoms with E-state index in [0.717, 1.165) is 18.5 Å². The lowest BCUT2D eigenvalue weighted by molar-refractivity contribution is 0.390. The molecule has 2 heterocycles. The molecule has 0 saturated carbocycles. The van der Waals surface area contributed by atoms with Crippen molar-refractivity contribution in [3.63, 3.8) is 0 Å². The summed E-state index contributed by atoms with van der Waals surface area (Å²) in [5.41, 5.74) is 0.747. The van der Waals surface area contributed by atoms with Crippen LogP contribution in [0.3, 0.4) is 0 Å². The largest absolute Gasteiger partial charge is 0.261 e. The lowest BCUT2D eigenvalue weighted by Crippen LogP contribution is -2.32. The summed E-state index contributed by atoms with van der Waals surface area (Å²) in [7, 11) is -3.13. The van der Waals surface area contributed by atoms with Crippen molar-refractivity contribution in [2.24, 2.45) is 0 Å². The first-order chi connectivity index (χ1) is 7.65. The van der Waals surface area contributed by atoms with Gasteiger partial charge in [-0.2, -0.15) is 4.31 Å². The molecule has 5 nitrogen and oxygen atoms in total. The molecule has 1 fully saturated rings. The van der Waals surface area contributed by atoms with Crippen LogP contribution in [0.5, 0.6) is 0 Å². The predicted octanol–water partition coefficient (Wildman–Crippen LogP) is 0.963. The van der Waals surface area contributed by atoms with Gasteiger partial charge in [0.15, 0.2) is 0 Å². The van der Waals surface area contributed by atoms with Gasteiger partial charge in [0.05, 0.1) is 23.7 Å². The van der Waals surface area contributed by atoms with Crippen LogP contribution in [-0.4, -0.2) is 35.0 Å². The molecule has 1 aromatic heterocycles. The van der Waals surface area contributed by atoms with E-state index in [1.54, 1.807) is 29.8 Å². The van der Waals surface area contributed by atoms with Gasteiger partial charge in [0, 0.05) is 18.9 Å². The molecular formula is C10H15N3O2S. The fourth-order valence-corrected chi connectivity index (χ4v) is 3.36. The smallest absolute Gasteiger partial charge is 0.214 e. The van der Waals surface area contributed by atoms with E-state index in [1.807, 2.05) is 0 Å². The molecule has 1 aromatic rings. The van der Waals surface area contributed by atoms with Gasteiger partial charge in [-0.25, -0.2) is 8.42 Å². The Labute approximate surface area is 95.6 Å². The molecule has 0 radical (unpaired) electrons. The van der Waals surface area contributed by atoms with Crippen LogP contribution in [0.1, 0.15) is 31.5 Å². The third-order valence-electron chi connectivity index (χ3n) is 2.85. The zero-order valence-electron chi connectivity index (χ0n) is 9.20. The van der Waals surface area contributed by atoms with Crippen molar-refractivity contribution in [3.05, 3.63) is 24.3 Å². The van der Waals surface area contributed by atoms with Gasteiger partial charge in [0.25, 0.3) is 0 Å². The molecule has 6 heteroatoms. The van der Waals surface area contributed by atoms with Crippen molar-refractivity contribution in [2.45, 2.75) is 25.8 Å². The average Bonchev–Trinajstić information content (AvgIpc) is 2.80. The highest BCUT2D eigenvalue weighted by molar-refractivity contribution is 7.89. The van der Waals surface area contributed by atoms with Crippen molar-refractivity contribution in [3.8, 4) is 0 Å². The number of sulfonamides is 1. The van der Waals surface area contributed by atoms with Crippen LogP contribution in [0.25, 0.3) is 0 Å². The lowest BCUT2D eigenvalue weighted by Gasteiger charge is -2.22. The van der Waals surface area contributed by atoms with Crippen LogP contribution in [0.2, 0.25) is 0 Å². The van der Waals surface area contributed by atoms with Crippen LogP contribution < -0.4 is 0 Å². The second-order valence-electron chi connectivity index (χ2n) is 3.80. The summed E-state index contributed by atoms with van der Waals surface area (Å²) in [5.74, 6) is 0.143. The summed E-state index contributed by atoms with van der Waals surface area (Å²) >= 11 is 0. The van der Waals surface area contributed by atoms with Crippen LogP contribution in [0.4, 0.5) is 0 Å². The highest BCUT2D eigenvalue weighted by Crippen LogP contribution is 2.32. The first-order valence-corrected chi connectivity index (χ1v) is 7.01. The average molecular weight is 241 g/mol. The Morgan fingerprint density at radius 1 is 1.50 bits per heavy atom. The number of rotatable bonds is 3. The van der Waals surface area contributed by atoms with Crippen molar-refractivity contribution in [2.75, 3.05) is 12.3 Å². The molecule has 0 amide bonds. The maximum atomic E-state index is 11.9. The quantitative estimate of drug-likeness (QED) is 0.791. The van der Waals surface area contributed by atoms with E-state index in [0.29, 0.717) is 6.54 Å². The Balaban J connectivity index is 2.29. The molecule has 1 aliphatic heterocycles. The first kappa shape index (κ1) is 11.5. The van der Waals surface area contributed by atoms with E-state index in [-0.39, 0.29) is 11.8 Å². The Hall–Kier alpha value is -1.01. The third kappa shape index (κ3) is 2.08. The number of aromatic nitrogens is 2. The molecule has 0 unspecified atom stereocenters. The molecule has 2 rings (SSSR count). The van der Waals surface area contributed by atoms with Crippen LogP contribution in [-0.2, 0) is 10.0 Å².